The van der Waals surface area contributed by atoms with Gasteiger partial charge < -0.3 is 25.0 Å². The molecule has 3 N–H and O–H groups in total. The largest absolute Gasteiger partial charge is 0.394 e. The van der Waals surface area contributed by atoms with Crippen LogP contribution in [0.1, 0.15) is 13.8 Å². The molecule has 94 valence electrons. The van der Waals surface area contributed by atoms with E-state index in [9.17, 15) is 9.90 Å². The Morgan fingerprint density at radius 1 is 1.56 bits per heavy atom. The average molecular weight is 233 g/mol. The molecule has 1 aliphatic rings. The monoisotopic (exact) mass is 233 g/mol. The highest BCUT2D eigenvalue weighted by atomic mass is 16.5. The van der Waals surface area contributed by atoms with E-state index < -0.39 is 24.4 Å². The summed E-state index contributed by atoms with van der Waals surface area (Å²) in [5, 5.41) is 21.6. The van der Waals surface area contributed by atoms with Crippen LogP contribution in [0, 0.1) is 0 Å². The number of carbonyl (C=O) groups is 1. The van der Waals surface area contributed by atoms with E-state index >= 15 is 0 Å². The summed E-state index contributed by atoms with van der Waals surface area (Å²) in [4.78, 5) is 11.0. The minimum Gasteiger partial charge on any atom is -0.394 e. The quantitative estimate of drug-likeness (QED) is 0.561. The van der Waals surface area contributed by atoms with Gasteiger partial charge in [-0.1, -0.05) is 0 Å². The first kappa shape index (κ1) is 13.4. The van der Waals surface area contributed by atoms with Gasteiger partial charge in [0.2, 0.25) is 5.91 Å². The first-order valence-electron chi connectivity index (χ1n) is 5.25. The van der Waals surface area contributed by atoms with Gasteiger partial charge in [0, 0.05) is 14.0 Å². The summed E-state index contributed by atoms with van der Waals surface area (Å²) in [6.45, 7) is 2.88. The summed E-state index contributed by atoms with van der Waals surface area (Å²) in [6, 6.07) is -0.416. The molecular formula is C10H19NO5. The number of methoxy groups -OCH3 is 1. The Morgan fingerprint density at radius 2 is 2.19 bits per heavy atom. The first-order chi connectivity index (χ1) is 7.51. The SMILES string of the molecule is CO[C@@H]1C(NC(C)=O)C(C)OC(CO)[C@H]1O. The number of carbonyl (C=O) groups excluding carboxylic acids is 1. The van der Waals surface area contributed by atoms with Gasteiger partial charge in [0.05, 0.1) is 18.8 Å². The highest BCUT2D eigenvalue weighted by Gasteiger charge is 2.43. The van der Waals surface area contributed by atoms with Crippen LogP contribution in [0.15, 0.2) is 0 Å². The van der Waals surface area contributed by atoms with Crippen LogP contribution in [-0.2, 0) is 14.3 Å². The van der Waals surface area contributed by atoms with Crippen molar-refractivity contribution in [3.63, 3.8) is 0 Å². The van der Waals surface area contributed by atoms with Crippen molar-refractivity contribution >= 4 is 5.91 Å². The van der Waals surface area contributed by atoms with Crippen molar-refractivity contribution in [2.45, 2.75) is 44.3 Å². The van der Waals surface area contributed by atoms with Gasteiger partial charge in [0.15, 0.2) is 0 Å². The van der Waals surface area contributed by atoms with Crippen molar-refractivity contribution in [1.82, 2.24) is 5.32 Å². The van der Waals surface area contributed by atoms with Gasteiger partial charge in [-0.15, -0.1) is 0 Å². The van der Waals surface area contributed by atoms with Crippen molar-refractivity contribution < 1.29 is 24.5 Å². The molecule has 1 aliphatic heterocycles. The molecule has 1 fully saturated rings. The topological polar surface area (TPSA) is 88.0 Å². The van der Waals surface area contributed by atoms with Crippen LogP contribution in [0.3, 0.4) is 0 Å². The number of amides is 1. The highest BCUT2D eigenvalue weighted by Crippen LogP contribution is 2.22. The van der Waals surface area contributed by atoms with Crippen LogP contribution >= 0.6 is 0 Å². The Kier molecular flexibility index (Phi) is 4.67. The zero-order valence-corrected chi connectivity index (χ0v) is 9.71. The Hall–Kier alpha value is -0.690. The number of aliphatic hydroxyl groups is 2. The first-order valence-corrected chi connectivity index (χ1v) is 5.25. The minimum atomic E-state index is -0.956. The molecule has 5 atom stereocenters. The van der Waals surface area contributed by atoms with Crippen molar-refractivity contribution in [2.24, 2.45) is 0 Å². The maximum absolute atomic E-state index is 11.0. The van der Waals surface area contributed by atoms with Crippen molar-refractivity contribution in [1.29, 1.82) is 0 Å². The number of hydrogen-bond acceptors (Lipinski definition) is 5. The van der Waals surface area contributed by atoms with E-state index in [-0.39, 0.29) is 18.6 Å². The number of ether oxygens (including phenoxy) is 2. The summed E-state index contributed by atoms with van der Waals surface area (Å²) in [5.74, 6) is -0.211. The lowest BCUT2D eigenvalue weighted by Crippen LogP contribution is -2.63. The predicted molar refractivity (Wildman–Crippen MR) is 55.8 cm³/mol. The van der Waals surface area contributed by atoms with Gasteiger partial charge in [-0.3, -0.25) is 4.79 Å². The van der Waals surface area contributed by atoms with E-state index in [2.05, 4.69) is 5.32 Å². The molecule has 0 aliphatic carbocycles. The molecule has 0 bridgehead atoms. The Balaban J connectivity index is 2.78. The summed E-state index contributed by atoms with van der Waals surface area (Å²) >= 11 is 0. The third-order valence-corrected chi connectivity index (χ3v) is 2.79. The fourth-order valence-corrected chi connectivity index (χ4v) is 2.00. The van der Waals surface area contributed by atoms with Gasteiger partial charge in [0.1, 0.15) is 18.3 Å². The third-order valence-electron chi connectivity index (χ3n) is 2.79. The molecule has 1 rings (SSSR count). The van der Waals surface area contributed by atoms with E-state index in [1.54, 1.807) is 6.92 Å². The molecule has 0 radical (unpaired) electrons. The second-order valence-electron chi connectivity index (χ2n) is 3.98. The smallest absolute Gasteiger partial charge is 0.217 e. The lowest BCUT2D eigenvalue weighted by Gasteiger charge is -2.42. The normalized spacial score (nSPS) is 39.4. The van der Waals surface area contributed by atoms with Crippen LogP contribution in [0.25, 0.3) is 0 Å². The predicted octanol–water partition coefficient (Wildman–Crippen LogP) is -1.35. The summed E-state index contributed by atoms with van der Waals surface area (Å²) in [5.41, 5.74) is 0. The Morgan fingerprint density at radius 3 is 2.62 bits per heavy atom. The molecule has 1 heterocycles. The third kappa shape index (κ3) is 2.70. The number of rotatable bonds is 3. The maximum Gasteiger partial charge on any atom is 0.217 e. The molecule has 1 saturated heterocycles. The molecule has 0 aromatic heterocycles. The number of aliphatic hydroxyl groups excluding tert-OH is 2. The standard InChI is InChI=1S/C10H19NO5/c1-5-8(11-6(2)13)10(15-3)9(14)7(4-12)16-5/h5,7-10,12,14H,4H2,1-3H3,(H,11,13)/t5?,7?,8?,9-,10-/m1/s1. The second kappa shape index (κ2) is 5.58. The summed E-state index contributed by atoms with van der Waals surface area (Å²) in [7, 11) is 1.45. The lowest BCUT2D eigenvalue weighted by atomic mass is 9.93. The molecule has 1 amide bonds. The van der Waals surface area contributed by atoms with Crippen molar-refractivity contribution in [2.75, 3.05) is 13.7 Å². The zero-order chi connectivity index (χ0) is 12.3. The fraction of sp³-hybridized carbons (Fsp3) is 0.900. The highest BCUT2D eigenvalue weighted by molar-refractivity contribution is 5.73. The molecule has 0 aromatic rings. The summed E-state index contributed by atoms with van der Waals surface area (Å²) < 4.78 is 10.6. The maximum atomic E-state index is 11.0. The molecule has 0 aromatic carbocycles. The van der Waals surface area contributed by atoms with Crippen LogP contribution < -0.4 is 5.32 Å². The Labute approximate surface area is 94.5 Å². The minimum absolute atomic E-state index is 0.211. The second-order valence-corrected chi connectivity index (χ2v) is 3.98. The van der Waals surface area contributed by atoms with E-state index in [0.29, 0.717) is 0 Å². The molecule has 0 saturated carbocycles. The zero-order valence-electron chi connectivity index (χ0n) is 9.71. The van der Waals surface area contributed by atoms with E-state index in [1.165, 1.54) is 14.0 Å². The van der Waals surface area contributed by atoms with Gasteiger partial charge in [0.25, 0.3) is 0 Å². The number of nitrogens with one attached hydrogen (secondary N) is 1. The molecule has 6 heteroatoms. The van der Waals surface area contributed by atoms with E-state index in [0.717, 1.165) is 0 Å². The summed E-state index contributed by atoms with van der Waals surface area (Å²) in [6.07, 6.45) is -2.53. The van der Waals surface area contributed by atoms with Gasteiger partial charge in [-0.2, -0.15) is 0 Å². The van der Waals surface area contributed by atoms with E-state index in [4.69, 9.17) is 14.6 Å². The number of hydrogen-bond donors (Lipinski definition) is 3. The Bertz CT molecular complexity index is 247. The van der Waals surface area contributed by atoms with Crippen LogP contribution in [0.2, 0.25) is 0 Å². The van der Waals surface area contributed by atoms with Crippen molar-refractivity contribution in [3.8, 4) is 0 Å². The molecular weight excluding hydrogens is 214 g/mol. The van der Waals surface area contributed by atoms with Crippen LogP contribution in [-0.4, -0.2) is 60.3 Å². The lowest BCUT2D eigenvalue weighted by molar-refractivity contribution is -0.197. The molecule has 6 nitrogen and oxygen atoms in total. The van der Waals surface area contributed by atoms with Gasteiger partial charge >= 0.3 is 0 Å². The van der Waals surface area contributed by atoms with Crippen LogP contribution in [0.5, 0.6) is 0 Å². The van der Waals surface area contributed by atoms with Gasteiger partial charge in [-0.25, -0.2) is 0 Å². The molecule has 16 heavy (non-hydrogen) atoms. The van der Waals surface area contributed by atoms with Gasteiger partial charge in [-0.05, 0) is 6.92 Å². The molecule has 0 spiro atoms. The fourth-order valence-electron chi connectivity index (χ4n) is 2.00. The average Bonchev–Trinajstić information content (AvgIpc) is 2.23. The molecule has 3 unspecified atom stereocenters. The van der Waals surface area contributed by atoms with Crippen LogP contribution in [0.4, 0.5) is 0 Å². The van der Waals surface area contributed by atoms with Crippen molar-refractivity contribution in [3.05, 3.63) is 0 Å². The van der Waals surface area contributed by atoms with E-state index in [1.807, 2.05) is 0 Å².